The predicted octanol–water partition coefficient (Wildman–Crippen LogP) is 3.45. The van der Waals surface area contributed by atoms with Crippen molar-refractivity contribution in [3.63, 3.8) is 0 Å². The van der Waals surface area contributed by atoms with Gasteiger partial charge in [-0.05, 0) is 70.7 Å². The minimum Gasteiger partial charge on any atom is -0.481 e. The van der Waals surface area contributed by atoms with E-state index in [0.29, 0.717) is 16.8 Å². The maximum absolute atomic E-state index is 13.7. The van der Waals surface area contributed by atoms with Crippen molar-refractivity contribution in [2.45, 2.75) is 25.0 Å². The van der Waals surface area contributed by atoms with Crippen LogP contribution in [0.2, 0.25) is 0 Å². The molecule has 1 atom stereocenters. The summed E-state index contributed by atoms with van der Waals surface area (Å²) in [5.41, 5.74) is 10.3. The van der Waals surface area contributed by atoms with E-state index in [9.17, 15) is 18.2 Å². The molecule has 13 nitrogen and oxygen atoms in total. The summed E-state index contributed by atoms with van der Waals surface area (Å²) in [6.07, 6.45) is 10.3. The van der Waals surface area contributed by atoms with Gasteiger partial charge in [-0.25, -0.2) is 14.4 Å². The molecule has 0 amide bonds. The Morgan fingerprint density at radius 1 is 1.17 bits per heavy atom. The number of allylic oxidation sites excluding steroid dienone is 2. The fourth-order valence-electron chi connectivity index (χ4n) is 4.67. The van der Waals surface area contributed by atoms with Crippen molar-refractivity contribution in [3.8, 4) is 0 Å². The van der Waals surface area contributed by atoms with Gasteiger partial charge >= 0.3 is 5.97 Å². The maximum Gasteiger partial charge on any atom is 0.307 e. The Balaban J connectivity index is 0.000000192. The molecule has 47 heavy (non-hydrogen) atoms. The summed E-state index contributed by atoms with van der Waals surface area (Å²) in [5, 5.41) is 17.7. The Bertz CT molecular complexity index is 2000. The molecule has 0 radical (unpaired) electrons. The molecule has 0 saturated carbocycles. The second-order valence-electron chi connectivity index (χ2n) is 10.3. The van der Waals surface area contributed by atoms with Crippen molar-refractivity contribution < 1.29 is 28.3 Å². The summed E-state index contributed by atoms with van der Waals surface area (Å²) in [4.78, 5) is 37.3. The zero-order valence-corrected chi connectivity index (χ0v) is 26.7. The molecule has 1 unspecified atom stereocenters. The lowest BCUT2D eigenvalue weighted by atomic mass is 10.0. The van der Waals surface area contributed by atoms with Gasteiger partial charge in [0.15, 0.2) is 11.2 Å². The number of aryl methyl sites for hydroxylation is 1. The number of nitrogens with two attached hydrogens (primary N) is 1. The minimum absolute atomic E-state index is 0.0291. The third-order valence-corrected chi connectivity index (χ3v) is 7.84. The molecule has 6 rings (SSSR count). The number of hydrogen-bond donors (Lipinski definition) is 4. The molecule has 0 aliphatic heterocycles. The molecule has 0 spiro atoms. The Morgan fingerprint density at radius 3 is 2.51 bits per heavy atom. The van der Waals surface area contributed by atoms with Crippen molar-refractivity contribution in [3.05, 3.63) is 106 Å². The third-order valence-electron chi connectivity index (χ3n) is 6.90. The number of aromatic amines is 1. The van der Waals surface area contributed by atoms with E-state index in [1.54, 1.807) is 37.0 Å². The number of fused-ring (bicyclic) bond motifs is 2. The van der Waals surface area contributed by atoms with E-state index < -0.39 is 16.8 Å². The van der Waals surface area contributed by atoms with E-state index in [0.717, 1.165) is 27.2 Å². The van der Waals surface area contributed by atoms with Gasteiger partial charge in [0.1, 0.15) is 12.5 Å². The molecule has 0 fully saturated rings. The Labute approximate surface area is 271 Å². The number of anilines is 1. The monoisotopic (exact) mass is 663 g/mol. The van der Waals surface area contributed by atoms with Gasteiger partial charge in [-0.1, -0.05) is 18.2 Å². The highest BCUT2D eigenvalue weighted by atomic mass is 32.2. The number of ether oxygens (including phenoxy) is 1. The zero-order chi connectivity index (χ0) is 34.1. The van der Waals surface area contributed by atoms with Gasteiger partial charge in [0.05, 0.1) is 32.3 Å². The molecular weight excluding hydrogens is 629 g/mol. The van der Waals surface area contributed by atoms with Gasteiger partial charge in [-0.3, -0.25) is 23.3 Å². The van der Waals surface area contributed by atoms with Crippen molar-refractivity contribution in [2.75, 3.05) is 25.2 Å². The highest BCUT2D eigenvalue weighted by Crippen LogP contribution is 2.43. The Hall–Kier alpha value is -5.25. The lowest BCUT2D eigenvalue weighted by molar-refractivity contribution is -0.135. The van der Waals surface area contributed by atoms with E-state index in [1.165, 1.54) is 23.0 Å². The van der Waals surface area contributed by atoms with Crippen LogP contribution in [0.5, 0.6) is 0 Å². The third kappa shape index (κ3) is 8.94. The summed E-state index contributed by atoms with van der Waals surface area (Å²) >= 11 is 0. The van der Waals surface area contributed by atoms with Crippen molar-refractivity contribution in [2.24, 2.45) is 7.05 Å². The number of carboxylic acids is 1. The van der Waals surface area contributed by atoms with Gasteiger partial charge in [-0.2, -0.15) is 4.98 Å². The first-order valence-corrected chi connectivity index (χ1v) is 15.7. The molecule has 5 N–H and O–H groups in total. The number of carboxylic acid groups (broad SMARTS) is 1. The minimum atomic E-state index is -1.04. The number of benzene rings is 2. The Kier molecular flexibility index (Phi) is 11.7. The average Bonchev–Trinajstić information content (AvgIpc) is 3.74. The number of hydrogen-bond acceptors (Lipinski definition) is 9. The molecule has 15 heteroatoms. The number of aliphatic hydroxyl groups is 1. The smallest absolute Gasteiger partial charge is 0.307 e. The van der Waals surface area contributed by atoms with Gasteiger partial charge < -0.3 is 25.3 Å². The maximum atomic E-state index is 13.7. The van der Waals surface area contributed by atoms with Crippen molar-refractivity contribution >= 4 is 51.1 Å². The summed E-state index contributed by atoms with van der Waals surface area (Å²) in [6, 6.07) is 11.8. The molecule has 5 aromatic rings. The standard InChI is InChI=1S/C20H17FO3S.C8H11N5O3.C4H6N2/c1-12-17(9-13-3-6-15(7-4-13)25(2)24)16-8-5-14(21)10-19(16)18(12)11-20(22)23;9-8-11-6-5(7(15)12-8)10-3-13(6)4-16-2-1-14;1-6-3-2-5-4-6/h3-10H,11H2,1-2H3,(H,22,23);3,14H,1-2,4H2,(H3,9,11,12,15);2-4H,1H3/b17-9-;;. The van der Waals surface area contributed by atoms with E-state index in [2.05, 4.69) is 19.9 Å². The first-order valence-electron chi connectivity index (χ1n) is 14.2. The highest BCUT2D eigenvalue weighted by molar-refractivity contribution is 7.84. The Morgan fingerprint density at radius 2 is 1.91 bits per heavy atom. The van der Waals surface area contributed by atoms with Crippen LogP contribution < -0.4 is 11.3 Å². The largest absolute Gasteiger partial charge is 0.481 e. The number of rotatable bonds is 8. The van der Waals surface area contributed by atoms with Gasteiger partial charge in [0.25, 0.3) is 5.56 Å². The summed E-state index contributed by atoms with van der Waals surface area (Å²) in [6.45, 7) is 2.16. The number of imidazole rings is 2. The van der Waals surface area contributed by atoms with E-state index in [-0.39, 0.29) is 49.2 Å². The normalized spacial score (nSPS) is 13.5. The molecule has 0 saturated heterocycles. The number of carbonyl (C=O) groups is 1. The molecule has 246 valence electrons. The van der Waals surface area contributed by atoms with Crippen molar-refractivity contribution in [1.82, 2.24) is 29.1 Å². The number of halogens is 1. The second-order valence-corrected chi connectivity index (χ2v) is 11.7. The lowest BCUT2D eigenvalue weighted by Crippen LogP contribution is -2.13. The van der Waals surface area contributed by atoms with Crippen LogP contribution in [0.1, 0.15) is 30.0 Å². The molecular formula is C32H34FN7O6S. The molecule has 2 aromatic carbocycles. The summed E-state index contributed by atoms with van der Waals surface area (Å²) in [5.74, 6) is -1.30. The molecule has 3 heterocycles. The molecule has 1 aliphatic rings. The van der Waals surface area contributed by atoms with Crippen LogP contribution in [-0.4, -0.2) is 68.9 Å². The SMILES string of the molecule is CC1=C(CC(=O)O)c2cc(F)ccc2/C1=C\c1ccc(S(C)=O)cc1.Cn1ccnc1.Nc1nc2c(ncn2COCCO)c(=O)[nH]1. The highest BCUT2D eigenvalue weighted by Gasteiger charge is 2.25. The van der Waals surface area contributed by atoms with Gasteiger partial charge in [0.2, 0.25) is 5.95 Å². The summed E-state index contributed by atoms with van der Waals surface area (Å²) < 4.78 is 33.7. The van der Waals surface area contributed by atoms with Crippen LogP contribution in [0.3, 0.4) is 0 Å². The topological polar surface area (TPSA) is 191 Å². The number of nitrogen functional groups attached to an aromatic ring is 1. The van der Waals surface area contributed by atoms with Crippen LogP contribution in [0, 0.1) is 5.82 Å². The fourth-order valence-corrected chi connectivity index (χ4v) is 5.19. The number of nitrogens with one attached hydrogen (secondary N) is 1. The van der Waals surface area contributed by atoms with Crippen molar-refractivity contribution in [1.29, 1.82) is 0 Å². The van der Waals surface area contributed by atoms with Crippen LogP contribution in [0.15, 0.2) is 82.8 Å². The number of H-pyrrole nitrogens is 1. The van der Waals surface area contributed by atoms with E-state index in [4.69, 9.17) is 20.7 Å². The first-order chi connectivity index (χ1) is 22.5. The fraction of sp³-hybridized carbons (Fsp3) is 0.219. The van der Waals surface area contributed by atoms with Gasteiger partial charge in [0, 0.05) is 41.4 Å². The first kappa shape index (κ1) is 34.6. The number of nitrogens with zero attached hydrogens (tertiary/aromatic N) is 5. The van der Waals surface area contributed by atoms with Gasteiger partial charge in [-0.15, -0.1) is 0 Å². The van der Waals surface area contributed by atoms with Crippen LogP contribution in [-0.2, 0) is 34.1 Å². The number of aliphatic carboxylic acids is 1. The van der Waals surface area contributed by atoms with Crippen LogP contribution in [0.25, 0.3) is 28.4 Å². The average molecular weight is 664 g/mol. The zero-order valence-electron chi connectivity index (χ0n) is 25.9. The molecule has 0 bridgehead atoms. The molecule has 3 aromatic heterocycles. The van der Waals surface area contributed by atoms with Crippen LogP contribution in [0.4, 0.5) is 10.3 Å². The summed E-state index contributed by atoms with van der Waals surface area (Å²) in [7, 11) is 0.901. The van der Waals surface area contributed by atoms with E-state index in [1.807, 2.05) is 42.9 Å². The second kappa shape index (κ2) is 15.8. The lowest BCUT2D eigenvalue weighted by Gasteiger charge is -2.05. The molecule has 1 aliphatic carbocycles. The van der Waals surface area contributed by atoms with Crippen LogP contribution >= 0.6 is 0 Å². The van der Waals surface area contributed by atoms with E-state index >= 15 is 0 Å². The predicted molar refractivity (Wildman–Crippen MR) is 177 cm³/mol. The number of aromatic nitrogens is 6. The quantitative estimate of drug-likeness (QED) is 0.179. The number of aliphatic hydroxyl groups excluding tert-OH is 1.